The zero-order chi connectivity index (χ0) is 24.4. The molecule has 8 heteroatoms. The predicted octanol–water partition coefficient (Wildman–Crippen LogP) is 5.59. The van der Waals surface area contributed by atoms with E-state index in [2.05, 4.69) is 20.0 Å². The number of amides is 1. The summed E-state index contributed by atoms with van der Waals surface area (Å²) in [4.78, 5) is 20.8. The lowest BCUT2D eigenvalue weighted by Crippen LogP contribution is -2.14. The van der Waals surface area contributed by atoms with Gasteiger partial charge in [-0.15, -0.1) is 0 Å². The fourth-order valence-corrected chi connectivity index (χ4v) is 4.72. The lowest BCUT2D eigenvalue weighted by Gasteiger charge is -2.10. The Morgan fingerprint density at radius 3 is 2.31 bits per heavy atom. The first-order chi connectivity index (χ1) is 16.9. The van der Waals surface area contributed by atoms with Crippen LogP contribution in [0.3, 0.4) is 0 Å². The number of fused-ring (bicyclic) bond motifs is 1. The molecular weight excluding hydrogens is 460 g/mol. The van der Waals surface area contributed by atoms with Gasteiger partial charge in [0.05, 0.1) is 15.9 Å². The number of hydrogen-bond donors (Lipinski definition) is 3. The molecule has 4 aromatic carbocycles. The monoisotopic (exact) mass is 482 g/mol. The molecule has 5 aromatic rings. The zero-order valence-electron chi connectivity index (χ0n) is 18.8. The average Bonchev–Trinajstić information content (AvgIpc) is 3.29. The Morgan fingerprint density at radius 2 is 1.57 bits per heavy atom. The minimum Gasteiger partial charge on any atom is -0.338 e. The third kappa shape index (κ3) is 4.92. The first-order valence-corrected chi connectivity index (χ1v) is 12.4. The highest BCUT2D eigenvalue weighted by Gasteiger charge is 2.15. The molecule has 0 aliphatic heterocycles. The number of sulfonamides is 1. The van der Waals surface area contributed by atoms with E-state index in [-0.39, 0.29) is 10.8 Å². The lowest BCUT2D eigenvalue weighted by atomic mass is 10.1. The maximum absolute atomic E-state index is 12.8. The molecule has 0 radical (unpaired) electrons. The van der Waals surface area contributed by atoms with E-state index in [1.807, 2.05) is 49.4 Å². The van der Waals surface area contributed by atoms with Crippen molar-refractivity contribution in [2.75, 3.05) is 10.0 Å². The van der Waals surface area contributed by atoms with Crippen LogP contribution in [0.1, 0.15) is 15.9 Å². The average molecular weight is 483 g/mol. The number of aromatic nitrogens is 2. The van der Waals surface area contributed by atoms with Crippen LogP contribution in [0.4, 0.5) is 11.4 Å². The molecule has 35 heavy (non-hydrogen) atoms. The highest BCUT2D eigenvalue weighted by Crippen LogP contribution is 2.24. The van der Waals surface area contributed by atoms with Crippen LogP contribution in [0.15, 0.2) is 102 Å². The SMILES string of the molecule is Cc1ccc(S(=O)(=O)Nc2ccc(C(=O)Nc3cccc(-c4nc5ccccc5[nH]4)c3)cc2)cc1. The second-order valence-corrected chi connectivity index (χ2v) is 9.82. The van der Waals surface area contributed by atoms with Gasteiger partial charge in [0, 0.05) is 22.5 Å². The summed E-state index contributed by atoms with van der Waals surface area (Å²) in [6.07, 6.45) is 0. The number of aromatic amines is 1. The van der Waals surface area contributed by atoms with Crippen LogP contribution in [-0.2, 0) is 10.0 Å². The van der Waals surface area contributed by atoms with Crippen molar-refractivity contribution < 1.29 is 13.2 Å². The number of nitrogens with one attached hydrogen (secondary N) is 3. The van der Waals surface area contributed by atoms with Crippen molar-refractivity contribution in [2.24, 2.45) is 0 Å². The van der Waals surface area contributed by atoms with Gasteiger partial charge >= 0.3 is 0 Å². The lowest BCUT2D eigenvalue weighted by molar-refractivity contribution is 0.102. The fourth-order valence-electron chi connectivity index (χ4n) is 3.66. The smallest absolute Gasteiger partial charge is 0.261 e. The Labute approximate surface area is 202 Å². The minimum absolute atomic E-state index is 0.175. The molecule has 0 aliphatic rings. The van der Waals surface area contributed by atoms with Crippen LogP contribution in [0, 0.1) is 6.92 Å². The number of carbonyl (C=O) groups is 1. The number of imidazole rings is 1. The summed E-state index contributed by atoms with van der Waals surface area (Å²) in [5.41, 5.74) is 5.02. The molecule has 0 saturated heterocycles. The molecule has 0 bridgehead atoms. The molecular formula is C27H22N4O3S. The van der Waals surface area contributed by atoms with Crippen LogP contribution < -0.4 is 10.0 Å². The Hall–Kier alpha value is -4.43. The molecule has 1 amide bonds. The summed E-state index contributed by atoms with van der Waals surface area (Å²) >= 11 is 0. The van der Waals surface area contributed by atoms with Crippen molar-refractivity contribution in [3.63, 3.8) is 0 Å². The molecule has 7 nitrogen and oxygen atoms in total. The van der Waals surface area contributed by atoms with Gasteiger partial charge in [-0.1, -0.05) is 42.0 Å². The zero-order valence-corrected chi connectivity index (χ0v) is 19.6. The van der Waals surface area contributed by atoms with Gasteiger partial charge in [0.2, 0.25) is 0 Å². The molecule has 1 aromatic heterocycles. The molecule has 5 rings (SSSR count). The van der Waals surface area contributed by atoms with Crippen molar-refractivity contribution in [1.29, 1.82) is 0 Å². The minimum atomic E-state index is -3.71. The van der Waals surface area contributed by atoms with E-state index in [0.29, 0.717) is 22.8 Å². The number of hydrogen-bond acceptors (Lipinski definition) is 4. The Bertz CT molecular complexity index is 1590. The van der Waals surface area contributed by atoms with Crippen molar-refractivity contribution in [1.82, 2.24) is 9.97 Å². The van der Waals surface area contributed by atoms with Crippen molar-refractivity contribution in [2.45, 2.75) is 11.8 Å². The van der Waals surface area contributed by atoms with E-state index in [1.165, 1.54) is 0 Å². The van der Waals surface area contributed by atoms with Gasteiger partial charge in [0.25, 0.3) is 15.9 Å². The molecule has 0 atom stereocenters. The molecule has 0 fully saturated rings. The summed E-state index contributed by atoms with van der Waals surface area (Å²) in [6, 6.07) is 28.1. The van der Waals surface area contributed by atoms with Crippen molar-refractivity contribution in [3.8, 4) is 11.4 Å². The van der Waals surface area contributed by atoms with Gasteiger partial charge in [0.15, 0.2) is 0 Å². The van der Waals surface area contributed by atoms with Gasteiger partial charge in [-0.05, 0) is 67.6 Å². The predicted molar refractivity (Wildman–Crippen MR) is 138 cm³/mol. The van der Waals surface area contributed by atoms with Crippen molar-refractivity contribution in [3.05, 3.63) is 108 Å². The number of anilines is 2. The van der Waals surface area contributed by atoms with E-state index in [9.17, 15) is 13.2 Å². The van der Waals surface area contributed by atoms with Gasteiger partial charge in [-0.2, -0.15) is 0 Å². The van der Waals surface area contributed by atoms with Crippen LogP contribution in [0.25, 0.3) is 22.4 Å². The van der Waals surface area contributed by atoms with E-state index < -0.39 is 10.0 Å². The maximum Gasteiger partial charge on any atom is 0.261 e. The number of aryl methyl sites for hydroxylation is 1. The van der Waals surface area contributed by atoms with Gasteiger partial charge in [-0.25, -0.2) is 13.4 Å². The Kier molecular flexibility index (Phi) is 5.80. The van der Waals surface area contributed by atoms with Crippen LogP contribution in [-0.4, -0.2) is 24.3 Å². The summed E-state index contributed by atoms with van der Waals surface area (Å²) in [5, 5.41) is 2.88. The number of rotatable bonds is 6. The molecule has 0 spiro atoms. The fraction of sp³-hybridized carbons (Fsp3) is 0.0370. The number of carbonyl (C=O) groups excluding carboxylic acids is 1. The van der Waals surface area contributed by atoms with Gasteiger partial charge in [0.1, 0.15) is 5.82 Å². The number of para-hydroxylation sites is 2. The highest BCUT2D eigenvalue weighted by molar-refractivity contribution is 7.92. The van der Waals surface area contributed by atoms with E-state index >= 15 is 0 Å². The third-order valence-corrected chi connectivity index (χ3v) is 6.91. The molecule has 1 heterocycles. The molecule has 0 unspecified atom stereocenters. The Morgan fingerprint density at radius 1 is 0.829 bits per heavy atom. The number of benzene rings is 4. The molecule has 0 aliphatic carbocycles. The molecule has 174 valence electrons. The van der Waals surface area contributed by atoms with E-state index in [1.54, 1.807) is 54.6 Å². The summed E-state index contributed by atoms with van der Waals surface area (Å²) in [6.45, 7) is 1.89. The summed E-state index contributed by atoms with van der Waals surface area (Å²) in [5.74, 6) is 0.409. The van der Waals surface area contributed by atoms with Crippen LogP contribution >= 0.6 is 0 Å². The number of nitrogens with zero attached hydrogens (tertiary/aromatic N) is 1. The third-order valence-electron chi connectivity index (χ3n) is 5.51. The van der Waals surface area contributed by atoms with Crippen LogP contribution in [0.2, 0.25) is 0 Å². The van der Waals surface area contributed by atoms with E-state index in [4.69, 9.17) is 0 Å². The molecule has 3 N–H and O–H groups in total. The second kappa shape index (κ2) is 9.08. The topological polar surface area (TPSA) is 104 Å². The quantitative estimate of drug-likeness (QED) is 0.293. The highest BCUT2D eigenvalue weighted by atomic mass is 32.2. The Balaban J connectivity index is 1.29. The number of H-pyrrole nitrogens is 1. The standard InChI is InChI=1S/C27H22N4O3S/c1-18-9-15-23(16-10-18)35(33,34)31-21-13-11-19(12-14-21)27(32)28-22-6-4-5-20(17-22)26-29-24-7-2-3-8-25(24)30-26/h2-17,31H,1H3,(H,28,32)(H,29,30). The second-order valence-electron chi connectivity index (χ2n) is 8.13. The van der Waals surface area contributed by atoms with E-state index in [0.717, 1.165) is 22.2 Å². The first kappa shape index (κ1) is 22.4. The van der Waals surface area contributed by atoms with Gasteiger partial charge in [-0.3, -0.25) is 9.52 Å². The maximum atomic E-state index is 12.8. The van der Waals surface area contributed by atoms with Crippen molar-refractivity contribution >= 4 is 38.3 Å². The summed E-state index contributed by atoms with van der Waals surface area (Å²) in [7, 11) is -3.71. The van der Waals surface area contributed by atoms with Gasteiger partial charge < -0.3 is 10.3 Å². The first-order valence-electron chi connectivity index (χ1n) is 10.9. The normalized spacial score (nSPS) is 11.3. The largest absolute Gasteiger partial charge is 0.338 e. The van der Waals surface area contributed by atoms with Crippen LogP contribution in [0.5, 0.6) is 0 Å². The summed E-state index contributed by atoms with van der Waals surface area (Å²) < 4.78 is 27.7. The molecule has 0 saturated carbocycles.